The Bertz CT molecular complexity index is 877. The molecule has 0 saturated heterocycles. The first-order valence-electron chi connectivity index (χ1n) is 6.54. The van der Waals surface area contributed by atoms with E-state index in [9.17, 15) is 18.5 Å². The second-order valence-electron chi connectivity index (χ2n) is 4.77. The highest BCUT2D eigenvalue weighted by Gasteiger charge is 2.08. The molecule has 116 valence electrons. The van der Waals surface area contributed by atoms with Crippen molar-refractivity contribution in [3.05, 3.63) is 80.7 Å². The maximum absolute atomic E-state index is 12.0. The zero-order valence-corrected chi connectivity index (χ0v) is 12.7. The number of nitriles is 1. The number of nitro benzene ring substituents is 1. The third-order valence-electron chi connectivity index (χ3n) is 3.02. The number of nitrogens with zero attached hydrogens (tertiary/aromatic N) is 2. The predicted molar refractivity (Wildman–Crippen MR) is 85.9 cm³/mol. The predicted octanol–water partition coefficient (Wildman–Crippen LogP) is 3.05. The molecule has 0 aromatic heterocycles. The van der Waals surface area contributed by atoms with Gasteiger partial charge in [-0.15, -0.1) is 0 Å². The second-order valence-corrected chi connectivity index (χ2v) is 6.65. The van der Waals surface area contributed by atoms with Crippen molar-refractivity contribution < 1.29 is 13.3 Å². The summed E-state index contributed by atoms with van der Waals surface area (Å²) in [5, 5.41) is 20.3. The quantitative estimate of drug-likeness (QED) is 0.620. The minimum atomic E-state index is -3.48. The molecule has 0 N–H and O–H groups in total. The Labute approximate surface area is 133 Å². The molecular weight excluding hydrogens is 316 g/mol. The fraction of sp³-hybridized carbons (Fsp3) is 0.0625. The van der Waals surface area contributed by atoms with Crippen molar-refractivity contribution >= 4 is 21.6 Å². The molecular formula is C16H12N2O4S. The summed E-state index contributed by atoms with van der Waals surface area (Å²) in [6.45, 7) is 0. The number of non-ortho nitro benzene ring substituents is 1. The van der Waals surface area contributed by atoms with Gasteiger partial charge < -0.3 is 0 Å². The number of sulfone groups is 1. The smallest absolute Gasteiger partial charge is 0.258 e. The van der Waals surface area contributed by atoms with E-state index in [1.807, 2.05) is 6.07 Å². The summed E-state index contributed by atoms with van der Waals surface area (Å²) < 4.78 is 24.1. The molecule has 0 radical (unpaired) electrons. The molecule has 0 heterocycles. The number of benzene rings is 2. The van der Waals surface area contributed by atoms with E-state index in [2.05, 4.69) is 0 Å². The fourth-order valence-electron chi connectivity index (χ4n) is 1.85. The van der Waals surface area contributed by atoms with Crippen LogP contribution in [0.4, 0.5) is 5.69 Å². The van der Waals surface area contributed by atoms with E-state index in [4.69, 9.17) is 5.26 Å². The first-order valence-corrected chi connectivity index (χ1v) is 8.25. The Hall–Kier alpha value is -2.98. The molecule has 0 aliphatic carbocycles. The van der Waals surface area contributed by atoms with E-state index in [1.165, 1.54) is 30.3 Å². The normalized spacial score (nSPS) is 11.3. The lowest BCUT2D eigenvalue weighted by Crippen LogP contribution is -1.99. The summed E-state index contributed by atoms with van der Waals surface area (Å²) in [4.78, 5) is 10.0. The molecule has 2 aromatic carbocycles. The first kappa shape index (κ1) is 16.4. The Kier molecular flexibility index (Phi) is 4.88. The SMILES string of the molecule is N#Cc1ccc(CS(=O)(=O)/C=C/c2ccc([N+](=O)[O-])cc2)cc1. The molecule has 0 unspecified atom stereocenters. The Morgan fingerprint density at radius 2 is 1.70 bits per heavy atom. The standard InChI is InChI=1S/C16H12N2O4S/c17-11-14-1-3-15(4-2-14)12-23(21,22)10-9-13-5-7-16(8-6-13)18(19)20/h1-10H,12H2/b10-9+. The maximum Gasteiger partial charge on any atom is 0.269 e. The average Bonchev–Trinajstić information content (AvgIpc) is 2.54. The molecule has 0 atom stereocenters. The van der Waals surface area contributed by atoms with Gasteiger partial charge in [0.25, 0.3) is 5.69 Å². The van der Waals surface area contributed by atoms with Gasteiger partial charge in [0.05, 0.1) is 22.3 Å². The van der Waals surface area contributed by atoms with Gasteiger partial charge in [-0.25, -0.2) is 8.42 Å². The van der Waals surface area contributed by atoms with Gasteiger partial charge in [-0.3, -0.25) is 10.1 Å². The zero-order valence-electron chi connectivity index (χ0n) is 11.9. The van der Waals surface area contributed by atoms with Gasteiger partial charge in [0.2, 0.25) is 0 Å². The van der Waals surface area contributed by atoms with Gasteiger partial charge in [-0.2, -0.15) is 5.26 Å². The van der Waals surface area contributed by atoms with Crippen molar-refractivity contribution in [2.45, 2.75) is 5.75 Å². The molecule has 23 heavy (non-hydrogen) atoms. The molecule has 0 bridgehead atoms. The van der Waals surface area contributed by atoms with Crippen LogP contribution in [-0.4, -0.2) is 13.3 Å². The van der Waals surface area contributed by atoms with Crippen LogP contribution in [0.15, 0.2) is 53.9 Å². The summed E-state index contributed by atoms with van der Waals surface area (Å²) in [6.07, 6.45) is 1.39. The monoisotopic (exact) mass is 328 g/mol. The minimum absolute atomic E-state index is 0.0532. The average molecular weight is 328 g/mol. The lowest BCUT2D eigenvalue weighted by Gasteiger charge is -2.00. The van der Waals surface area contributed by atoms with Gasteiger partial charge in [-0.1, -0.05) is 12.1 Å². The lowest BCUT2D eigenvalue weighted by molar-refractivity contribution is -0.384. The van der Waals surface area contributed by atoms with Gasteiger partial charge >= 0.3 is 0 Å². The Balaban J connectivity index is 2.10. The summed E-state index contributed by atoms with van der Waals surface area (Å²) in [6, 6.07) is 13.9. The molecule has 0 fully saturated rings. The van der Waals surface area contributed by atoms with Crippen molar-refractivity contribution in [1.82, 2.24) is 0 Å². The molecule has 0 aliphatic rings. The molecule has 2 aromatic rings. The van der Waals surface area contributed by atoms with E-state index < -0.39 is 14.8 Å². The van der Waals surface area contributed by atoms with Gasteiger partial charge in [0.15, 0.2) is 9.84 Å². The maximum atomic E-state index is 12.0. The van der Waals surface area contributed by atoms with Crippen LogP contribution < -0.4 is 0 Å². The van der Waals surface area contributed by atoms with Crippen LogP contribution in [-0.2, 0) is 15.6 Å². The molecule has 6 nitrogen and oxygen atoms in total. The number of hydrogen-bond acceptors (Lipinski definition) is 5. The van der Waals surface area contributed by atoms with Crippen molar-refractivity contribution in [2.24, 2.45) is 0 Å². The highest BCUT2D eigenvalue weighted by molar-refractivity contribution is 7.93. The van der Waals surface area contributed by atoms with Crippen molar-refractivity contribution in [3.8, 4) is 6.07 Å². The van der Waals surface area contributed by atoms with Crippen LogP contribution >= 0.6 is 0 Å². The van der Waals surface area contributed by atoms with Gasteiger partial charge in [-0.05, 0) is 41.5 Å². The first-order chi connectivity index (χ1) is 10.9. The second kappa shape index (κ2) is 6.85. The van der Waals surface area contributed by atoms with E-state index in [-0.39, 0.29) is 11.4 Å². The topological polar surface area (TPSA) is 101 Å². The third-order valence-corrected chi connectivity index (χ3v) is 4.31. The molecule has 2 rings (SSSR count). The number of nitro groups is 1. The fourth-order valence-corrected chi connectivity index (χ4v) is 2.96. The lowest BCUT2D eigenvalue weighted by atomic mass is 10.2. The van der Waals surface area contributed by atoms with Crippen LogP contribution in [0.5, 0.6) is 0 Å². The molecule has 0 saturated carbocycles. The van der Waals surface area contributed by atoms with Crippen molar-refractivity contribution in [3.63, 3.8) is 0 Å². The van der Waals surface area contributed by atoms with Gasteiger partial charge in [0.1, 0.15) is 0 Å². The summed E-state index contributed by atoms with van der Waals surface area (Å²) in [7, 11) is -3.48. The summed E-state index contributed by atoms with van der Waals surface area (Å²) in [5.41, 5.74) is 1.55. The minimum Gasteiger partial charge on any atom is -0.258 e. The summed E-state index contributed by atoms with van der Waals surface area (Å²) in [5.74, 6) is -0.178. The van der Waals surface area contributed by atoms with E-state index in [0.717, 1.165) is 5.41 Å². The van der Waals surface area contributed by atoms with Crippen LogP contribution in [0.25, 0.3) is 6.08 Å². The van der Waals surface area contributed by atoms with E-state index in [1.54, 1.807) is 24.3 Å². The highest BCUT2D eigenvalue weighted by atomic mass is 32.2. The van der Waals surface area contributed by atoms with Crippen molar-refractivity contribution in [2.75, 3.05) is 0 Å². The Morgan fingerprint density at radius 1 is 1.09 bits per heavy atom. The molecule has 0 aliphatic heterocycles. The van der Waals surface area contributed by atoms with Crippen LogP contribution in [0, 0.1) is 21.4 Å². The largest absolute Gasteiger partial charge is 0.269 e. The Morgan fingerprint density at radius 3 is 2.22 bits per heavy atom. The molecule has 0 spiro atoms. The molecule has 7 heteroatoms. The number of hydrogen-bond donors (Lipinski definition) is 0. The highest BCUT2D eigenvalue weighted by Crippen LogP contribution is 2.15. The summed E-state index contributed by atoms with van der Waals surface area (Å²) >= 11 is 0. The zero-order chi connectivity index (χ0) is 16.9. The van der Waals surface area contributed by atoms with Crippen molar-refractivity contribution in [1.29, 1.82) is 5.26 Å². The van der Waals surface area contributed by atoms with E-state index >= 15 is 0 Å². The van der Waals surface area contributed by atoms with Crippen LogP contribution in [0.2, 0.25) is 0 Å². The van der Waals surface area contributed by atoms with Crippen LogP contribution in [0.1, 0.15) is 16.7 Å². The third kappa shape index (κ3) is 4.76. The van der Waals surface area contributed by atoms with Gasteiger partial charge in [0, 0.05) is 17.5 Å². The number of rotatable bonds is 5. The van der Waals surface area contributed by atoms with Crippen LogP contribution in [0.3, 0.4) is 0 Å². The molecule has 0 amide bonds. The van der Waals surface area contributed by atoms with E-state index in [0.29, 0.717) is 16.7 Å².